The van der Waals surface area contributed by atoms with E-state index in [1.54, 1.807) is 36.4 Å². The molecule has 2 aromatic rings. The Hall–Kier alpha value is -2.05. The van der Waals surface area contributed by atoms with Gasteiger partial charge in [0.2, 0.25) is 9.84 Å². The van der Waals surface area contributed by atoms with Crippen LogP contribution in [0.5, 0.6) is 0 Å². The van der Waals surface area contributed by atoms with Crippen molar-refractivity contribution in [3.63, 3.8) is 0 Å². The maximum absolute atomic E-state index is 11.9. The van der Waals surface area contributed by atoms with Crippen molar-refractivity contribution in [2.45, 2.75) is 11.8 Å². The smallest absolute Gasteiger partial charge is 0.210 e. The topological polar surface area (TPSA) is 34.1 Å². The van der Waals surface area contributed by atoms with Crippen LogP contribution in [0.1, 0.15) is 11.1 Å². The summed E-state index contributed by atoms with van der Waals surface area (Å²) in [6.07, 6.45) is 0. The van der Waals surface area contributed by atoms with E-state index in [-0.39, 0.29) is 4.90 Å². The fourth-order valence-electron chi connectivity index (χ4n) is 1.51. The lowest BCUT2D eigenvalue weighted by Gasteiger charge is -1.95. The molecule has 0 amide bonds. The van der Waals surface area contributed by atoms with Crippen LogP contribution in [-0.4, -0.2) is 8.42 Å². The Morgan fingerprint density at radius 1 is 0.944 bits per heavy atom. The highest BCUT2D eigenvalue weighted by Gasteiger charge is 2.08. The van der Waals surface area contributed by atoms with Crippen molar-refractivity contribution in [1.29, 1.82) is 0 Å². The summed E-state index contributed by atoms with van der Waals surface area (Å²) in [4.78, 5) is 0.227. The summed E-state index contributed by atoms with van der Waals surface area (Å²) < 4.78 is 23.8. The van der Waals surface area contributed by atoms with Crippen LogP contribution >= 0.6 is 0 Å². The first kappa shape index (κ1) is 12.4. The molecule has 0 saturated heterocycles. The van der Waals surface area contributed by atoms with E-state index in [0.717, 1.165) is 5.56 Å². The second-order valence-electron chi connectivity index (χ2n) is 3.91. The SMILES string of the molecule is Cc1cccc(C#CS(=O)(=O)c2ccccc2)c1. The molecule has 0 bridgehead atoms. The molecule has 0 N–H and O–H groups in total. The second-order valence-corrected chi connectivity index (χ2v) is 5.60. The Kier molecular flexibility index (Phi) is 3.50. The summed E-state index contributed by atoms with van der Waals surface area (Å²) in [6, 6.07) is 15.7. The maximum Gasteiger partial charge on any atom is 0.245 e. The van der Waals surface area contributed by atoms with E-state index in [1.807, 2.05) is 25.1 Å². The van der Waals surface area contributed by atoms with Crippen molar-refractivity contribution >= 4 is 9.84 Å². The number of aryl methyl sites for hydroxylation is 1. The predicted molar refractivity (Wildman–Crippen MR) is 71.7 cm³/mol. The van der Waals surface area contributed by atoms with Crippen LogP contribution in [0.4, 0.5) is 0 Å². The number of sulfone groups is 1. The molecular formula is C15H12O2S. The monoisotopic (exact) mass is 256 g/mol. The van der Waals surface area contributed by atoms with E-state index in [4.69, 9.17) is 0 Å². The minimum absolute atomic E-state index is 0.227. The van der Waals surface area contributed by atoms with Gasteiger partial charge in [0.15, 0.2) is 0 Å². The lowest BCUT2D eigenvalue weighted by molar-refractivity contribution is 0.606. The van der Waals surface area contributed by atoms with Crippen LogP contribution < -0.4 is 0 Å². The van der Waals surface area contributed by atoms with E-state index in [0.29, 0.717) is 5.56 Å². The Balaban J connectivity index is 2.36. The second kappa shape index (κ2) is 5.07. The minimum atomic E-state index is -3.53. The summed E-state index contributed by atoms with van der Waals surface area (Å²) in [7, 11) is -3.53. The third-order valence-electron chi connectivity index (χ3n) is 2.40. The van der Waals surface area contributed by atoms with Gasteiger partial charge in [-0.3, -0.25) is 0 Å². The zero-order valence-electron chi connectivity index (χ0n) is 9.92. The first-order valence-corrected chi connectivity index (χ1v) is 6.96. The van der Waals surface area contributed by atoms with Gasteiger partial charge in [0, 0.05) is 10.8 Å². The van der Waals surface area contributed by atoms with Crippen molar-refractivity contribution in [2.75, 3.05) is 0 Å². The minimum Gasteiger partial charge on any atom is -0.210 e. The molecule has 0 aromatic heterocycles. The van der Waals surface area contributed by atoms with Crippen molar-refractivity contribution in [2.24, 2.45) is 0 Å². The number of rotatable bonds is 1. The van der Waals surface area contributed by atoms with Gasteiger partial charge >= 0.3 is 0 Å². The average molecular weight is 256 g/mol. The molecule has 0 fully saturated rings. The van der Waals surface area contributed by atoms with Crippen molar-refractivity contribution < 1.29 is 8.42 Å². The van der Waals surface area contributed by atoms with E-state index >= 15 is 0 Å². The molecule has 2 nitrogen and oxygen atoms in total. The van der Waals surface area contributed by atoms with Crippen LogP contribution in [0.15, 0.2) is 59.5 Å². The summed E-state index contributed by atoms with van der Waals surface area (Å²) in [5, 5.41) is 2.34. The van der Waals surface area contributed by atoms with Gasteiger partial charge in [-0.25, -0.2) is 8.42 Å². The fraction of sp³-hybridized carbons (Fsp3) is 0.0667. The molecule has 90 valence electrons. The third-order valence-corrected chi connectivity index (χ3v) is 3.66. The van der Waals surface area contributed by atoms with Gasteiger partial charge in [0.1, 0.15) is 0 Å². The van der Waals surface area contributed by atoms with Crippen LogP contribution in [-0.2, 0) is 9.84 Å². The molecule has 18 heavy (non-hydrogen) atoms. The Morgan fingerprint density at radius 3 is 2.33 bits per heavy atom. The van der Waals surface area contributed by atoms with Crippen molar-refractivity contribution in [3.8, 4) is 11.2 Å². The molecule has 3 heteroatoms. The van der Waals surface area contributed by atoms with E-state index in [2.05, 4.69) is 11.2 Å². The molecule has 0 aliphatic rings. The molecule has 2 aromatic carbocycles. The van der Waals surface area contributed by atoms with E-state index < -0.39 is 9.84 Å². The lowest BCUT2D eigenvalue weighted by Crippen LogP contribution is -1.96. The van der Waals surface area contributed by atoms with Gasteiger partial charge in [-0.2, -0.15) is 0 Å². The molecule has 0 aliphatic heterocycles. The van der Waals surface area contributed by atoms with Gasteiger partial charge in [0.05, 0.1) is 4.90 Å². The molecule has 0 aliphatic carbocycles. The average Bonchev–Trinajstić information content (AvgIpc) is 2.38. The molecule has 2 rings (SSSR count). The van der Waals surface area contributed by atoms with Gasteiger partial charge in [-0.1, -0.05) is 30.3 Å². The van der Waals surface area contributed by atoms with Crippen LogP contribution in [0, 0.1) is 18.1 Å². The summed E-state index contributed by atoms with van der Waals surface area (Å²) >= 11 is 0. The summed E-state index contributed by atoms with van der Waals surface area (Å²) in [6.45, 7) is 1.94. The van der Waals surface area contributed by atoms with Gasteiger partial charge < -0.3 is 0 Å². The molecule has 0 atom stereocenters. The largest absolute Gasteiger partial charge is 0.245 e. The number of hydrogen-bond acceptors (Lipinski definition) is 2. The molecule has 0 spiro atoms. The van der Waals surface area contributed by atoms with Crippen LogP contribution in [0.3, 0.4) is 0 Å². The Morgan fingerprint density at radius 2 is 1.67 bits per heavy atom. The van der Waals surface area contributed by atoms with Gasteiger partial charge in [0.25, 0.3) is 0 Å². The van der Waals surface area contributed by atoms with E-state index in [9.17, 15) is 8.42 Å². The maximum atomic E-state index is 11.9. The highest BCUT2D eigenvalue weighted by molar-refractivity contribution is 7.96. The molecule has 0 unspecified atom stereocenters. The van der Waals surface area contributed by atoms with Crippen LogP contribution in [0.25, 0.3) is 0 Å². The van der Waals surface area contributed by atoms with Gasteiger partial charge in [-0.05, 0) is 42.7 Å². The zero-order chi connectivity index (χ0) is 13.0. The predicted octanol–water partition coefficient (Wildman–Crippen LogP) is 2.78. The summed E-state index contributed by atoms with van der Waals surface area (Å²) in [5.41, 5.74) is 1.76. The van der Waals surface area contributed by atoms with Crippen LogP contribution in [0.2, 0.25) is 0 Å². The third kappa shape index (κ3) is 2.99. The fourth-order valence-corrected chi connectivity index (χ4v) is 2.39. The first-order valence-electron chi connectivity index (χ1n) is 5.47. The standard InChI is InChI=1S/C15H12O2S/c1-13-6-5-7-14(12-13)10-11-18(16,17)15-8-3-2-4-9-15/h2-9,12H,1H3. The van der Waals surface area contributed by atoms with Gasteiger partial charge in [-0.15, -0.1) is 0 Å². The normalized spacial score (nSPS) is 10.5. The highest BCUT2D eigenvalue weighted by atomic mass is 32.2. The summed E-state index contributed by atoms with van der Waals surface area (Å²) in [5.74, 6) is 2.69. The van der Waals surface area contributed by atoms with Crippen molar-refractivity contribution in [1.82, 2.24) is 0 Å². The quantitative estimate of drug-likeness (QED) is 0.735. The zero-order valence-corrected chi connectivity index (χ0v) is 10.7. The van der Waals surface area contributed by atoms with E-state index in [1.165, 1.54) is 0 Å². The molecular weight excluding hydrogens is 244 g/mol. The highest BCUT2D eigenvalue weighted by Crippen LogP contribution is 2.09. The number of benzene rings is 2. The first-order chi connectivity index (χ1) is 8.58. The molecule has 0 saturated carbocycles. The number of hydrogen-bond donors (Lipinski definition) is 0. The molecule has 0 heterocycles. The Bertz CT molecular complexity index is 705. The Labute approximate surface area is 107 Å². The molecule has 0 radical (unpaired) electrons. The lowest BCUT2D eigenvalue weighted by atomic mass is 10.1. The van der Waals surface area contributed by atoms with Crippen molar-refractivity contribution in [3.05, 3.63) is 65.7 Å².